The summed E-state index contributed by atoms with van der Waals surface area (Å²) in [6, 6.07) is 4.85. The highest BCUT2D eigenvalue weighted by molar-refractivity contribution is 5.28. The summed E-state index contributed by atoms with van der Waals surface area (Å²) < 4.78 is 13.3. The first-order valence-corrected chi connectivity index (χ1v) is 6.90. The number of halogens is 1. The van der Waals surface area contributed by atoms with Gasteiger partial charge in [-0.15, -0.1) is 0 Å². The van der Waals surface area contributed by atoms with Gasteiger partial charge in [-0.25, -0.2) is 4.39 Å². The molecule has 100 valence electrons. The highest BCUT2D eigenvalue weighted by Gasteiger charge is 2.39. The largest absolute Gasteiger partial charge is 0.389 e. The molecule has 1 nitrogen and oxygen atoms in total. The van der Waals surface area contributed by atoms with Crippen molar-refractivity contribution in [3.05, 3.63) is 35.1 Å². The van der Waals surface area contributed by atoms with Crippen LogP contribution in [-0.2, 0) is 6.42 Å². The zero-order chi connectivity index (χ0) is 13.3. The molecule has 2 rings (SSSR count). The van der Waals surface area contributed by atoms with Gasteiger partial charge in [0.1, 0.15) is 5.82 Å². The number of hydrogen-bond acceptors (Lipinski definition) is 1. The van der Waals surface area contributed by atoms with Gasteiger partial charge in [0.2, 0.25) is 0 Å². The van der Waals surface area contributed by atoms with Crippen molar-refractivity contribution >= 4 is 0 Å². The smallest absolute Gasteiger partial charge is 0.123 e. The molecule has 18 heavy (non-hydrogen) atoms. The van der Waals surface area contributed by atoms with Crippen molar-refractivity contribution in [2.45, 2.75) is 52.1 Å². The molecule has 0 heterocycles. The first-order valence-electron chi connectivity index (χ1n) is 6.90. The van der Waals surface area contributed by atoms with Gasteiger partial charge in [-0.3, -0.25) is 0 Å². The molecular weight excluding hydrogens is 227 g/mol. The van der Waals surface area contributed by atoms with Crippen molar-refractivity contribution in [1.29, 1.82) is 0 Å². The van der Waals surface area contributed by atoms with Crippen LogP contribution in [0.15, 0.2) is 18.2 Å². The van der Waals surface area contributed by atoms with Crippen LogP contribution in [0.4, 0.5) is 4.39 Å². The fraction of sp³-hybridized carbons (Fsp3) is 0.625. The van der Waals surface area contributed by atoms with E-state index in [-0.39, 0.29) is 11.7 Å². The molecule has 3 unspecified atom stereocenters. The van der Waals surface area contributed by atoms with E-state index in [1.807, 2.05) is 6.92 Å². The lowest BCUT2D eigenvalue weighted by molar-refractivity contribution is -0.0622. The van der Waals surface area contributed by atoms with E-state index in [1.54, 1.807) is 12.1 Å². The second kappa shape index (κ2) is 5.00. The van der Waals surface area contributed by atoms with E-state index in [4.69, 9.17) is 0 Å². The van der Waals surface area contributed by atoms with E-state index in [0.29, 0.717) is 12.3 Å². The molecule has 1 aliphatic rings. The molecule has 1 aliphatic carbocycles. The highest BCUT2D eigenvalue weighted by Crippen LogP contribution is 2.40. The normalized spacial score (nSPS) is 32.5. The summed E-state index contributed by atoms with van der Waals surface area (Å²) in [5.74, 6) is 0.599. The topological polar surface area (TPSA) is 20.2 Å². The van der Waals surface area contributed by atoms with E-state index in [9.17, 15) is 9.50 Å². The standard InChI is InChI=1S/C16H23FO/c1-11-5-4-8-16(18,13(11)3)10-14-9-15(17)7-6-12(14)2/h6-7,9,11,13,18H,4-5,8,10H2,1-3H3. The Morgan fingerprint density at radius 3 is 2.83 bits per heavy atom. The molecule has 0 spiro atoms. The molecule has 0 saturated heterocycles. The fourth-order valence-corrected chi connectivity index (χ4v) is 3.15. The van der Waals surface area contributed by atoms with E-state index in [1.165, 1.54) is 12.5 Å². The summed E-state index contributed by atoms with van der Waals surface area (Å²) in [6.45, 7) is 6.31. The van der Waals surface area contributed by atoms with Gasteiger partial charge in [-0.05, 0) is 48.4 Å². The summed E-state index contributed by atoms with van der Waals surface area (Å²) in [6.07, 6.45) is 3.65. The van der Waals surface area contributed by atoms with Crippen LogP contribution in [-0.4, -0.2) is 10.7 Å². The van der Waals surface area contributed by atoms with Crippen molar-refractivity contribution in [3.63, 3.8) is 0 Å². The second-order valence-electron chi connectivity index (χ2n) is 6.01. The summed E-state index contributed by atoms with van der Waals surface area (Å²) >= 11 is 0. The predicted octanol–water partition coefficient (Wildman–Crippen LogP) is 3.86. The maximum absolute atomic E-state index is 13.3. The van der Waals surface area contributed by atoms with Gasteiger partial charge in [-0.2, -0.15) is 0 Å². The molecular formula is C16H23FO. The van der Waals surface area contributed by atoms with Crippen molar-refractivity contribution in [2.75, 3.05) is 0 Å². The number of rotatable bonds is 2. The molecule has 1 fully saturated rings. The average molecular weight is 250 g/mol. The third-order valence-electron chi connectivity index (χ3n) is 4.78. The van der Waals surface area contributed by atoms with Crippen LogP contribution in [0.3, 0.4) is 0 Å². The van der Waals surface area contributed by atoms with Crippen LogP contribution in [0, 0.1) is 24.6 Å². The molecule has 0 aliphatic heterocycles. The van der Waals surface area contributed by atoms with E-state index >= 15 is 0 Å². The van der Waals surface area contributed by atoms with Crippen LogP contribution in [0.1, 0.15) is 44.2 Å². The molecule has 0 aromatic heterocycles. The Morgan fingerprint density at radius 2 is 2.11 bits per heavy atom. The molecule has 1 aromatic rings. The number of aliphatic hydroxyl groups is 1. The van der Waals surface area contributed by atoms with Crippen LogP contribution in [0.5, 0.6) is 0 Å². The maximum Gasteiger partial charge on any atom is 0.123 e. The van der Waals surface area contributed by atoms with Gasteiger partial charge >= 0.3 is 0 Å². The summed E-state index contributed by atoms with van der Waals surface area (Å²) in [7, 11) is 0. The molecule has 0 bridgehead atoms. The first kappa shape index (κ1) is 13.5. The van der Waals surface area contributed by atoms with Gasteiger partial charge < -0.3 is 5.11 Å². The molecule has 1 aromatic carbocycles. The molecule has 1 saturated carbocycles. The summed E-state index contributed by atoms with van der Waals surface area (Å²) in [5.41, 5.74) is 1.34. The average Bonchev–Trinajstić information content (AvgIpc) is 2.31. The number of hydrogen-bond donors (Lipinski definition) is 1. The minimum atomic E-state index is -0.670. The van der Waals surface area contributed by atoms with Crippen molar-refractivity contribution in [3.8, 4) is 0 Å². The predicted molar refractivity (Wildman–Crippen MR) is 72.0 cm³/mol. The zero-order valence-corrected chi connectivity index (χ0v) is 11.5. The van der Waals surface area contributed by atoms with E-state index in [0.717, 1.165) is 24.0 Å². The molecule has 0 radical (unpaired) electrons. The monoisotopic (exact) mass is 250 g/mol. The third-order valence-corrected chi connectivity index (χ3v) is 4.78. The van der Waals surface area contributed by atoms with Crippen LogP contribution < -0.4 is 0 Å². The van der Waals surface area contributed by atoms with Crippen molar-refractivity contribution in [2.24, 2.45) is 11.8 Å². The Kier molecular flexibility index (Phi) is 3.76. The molecule has 2 heteroatoms. The third kappa shape index (κ3) is 2.59. The SMILES string of the molecule is Cc1ccc(F)cc1CC1(O)CCCC(C)C1C. The van der Waals surface area contributed by atoms with Gasteiger partial charge in [0.15, 0.2) is 0 Å². The Bertz CT molecular complexity index is 429. The van der Waals surface area contributed by atoms with Crippen LogP contribution in [0.25, 0.3) is 0 Å². The minimum absolute atomic E-state index is 0.212. The van der Waals surface area contributed by atoms with E-state index < -0.39 is 5.60 Å². The van der Waals surface area contributed by atoms with Crippen molar-refractivity contribution in [1.82, 2.24) is 0 Å². The quantitative estimate of drug-likeness (QED) is 0.845. The van der Waals surface area contributed by atoms with Gasteiger partial charge in [0.05, 0.1) is 5.60 Å². The zero-order valence-electron chi connectivity index (χ0n) is 11.5. The molecule has 0 amide bonds. The lowest BCUT2D eigenvalue weighted by Crippen LogP contribution is -2.44. The number of aryl methyl sites for hydroxylation is 1. The highest BCUT2D eigenvalue weighted by atomic mass is 19.1. The van der Waals surface area contributed by atoms with Crippen molar-refractivity contribution < 1.29 is 9.50 Å². The first-order chi connectivity index (χ1) is 8.42. The lowest BCUT2D eigenvalue weighted by Gasteiger charge is -2.42. The molecule has 3 atom stereocenters. The fourth-order valence-electron chi connectivity index (χ4n) is 3.15. The Morgan fingerprint density at radius 1 is 1.39 bits per heavy atom. The van der Waals surface area contributed by atoms with Gasteiger partial charge in [0, 0.05) is 6.42 Å². The van der Waals surface area contributed by atoms with Gasteiger partial charge in [-0.1, -0.05) is 32.8 Å². The Balaban J connectivity index is 2.23. The molecule has 1 N–H and O–H groups in total. The Labute approximate surface area is 109 Å². The van der Waals surface area contributed by atoms with Crippen LogP contribution in [0.2, 0.25) is 0 Å². The maximum atomic E-state index is 13.3. The van der Waals surface area contributed by atoms with Crippen LogP contribution >= 0.6 is 0 Å². The number of benzene rings is 1. The minimum Gasteiger partial charge on any atom is -0.389 e. The summed E-state index contributed by atoms with van der Waals surface area (Å²) in [4.78, 5) is 0. The van der Waals surface area contributed by atoms with Gasteiger partial charge in [0.25, 0.3) is 0 Å². The lowest BCUT2D eigenvalue weighted by atomic mass is 9.68. The second-order valence-corrected chi connectivity index (χ2v) is 6.01. The van der Waals surface area contributed by atoms with E-state index in [2.05, 4.69) is 13.8 Å². The Hall–Kier alpha value is -0.890. The summed E-state index contributed by atoms with van der Waals surface area (Å²) in [5, 5.41) is 10.9.